The van der Waals surface area contributed by atoms with Crippen LogP contribution in [0.3, 0.4) is 0 Å². The molecule has 26 heavy (non-hydrogen) atoms. The zero-order chi connectivity index (χ0) is 18.3. The van der Waals surface area contributed by atoms with E-state index in [0.717, 1.165) is 21.1 Å². The van der Waals surface area contributed by atoms with Gasteiger partial charge >= 0.3 is 5.56 Å². The first kappa shape index (κ1) is 17.1. The molecule has 0 atom stereocenters. The van der Waals surface area contributed by atoms with Crippen molar-refractivity contribution in [1.82, 2.24) is 9.71 Å². The van der Waals surface area contributed by atoms with Crippen molar-refractivity contribution in [2.75, 3.05) is 11.9 Å². The van der Waals surface area contributed by atoms with Gasteiger partial charge in [0.2, 0.25) is 0 Å². The molecular weight excluding hydrogens is 452 g/mol. The highest BCUT2D eigenvalue weighted by Gasteiger charge is 2.23. The fourth-order valence-corrected chi connectivity index (χ4v) is 3.05. The Kier molecular flexibility index (Phi) is 4.43. The van der Waals surface area contributed by atoms with Crippen LogP contribution in [0.15, 0.2) is 41.6 Å². The number of pyridine rings is 2. The Morgan fingerprint density at radius 1 is 1.31 bits per heavy atom. The van der Waals surface area contributed by atoms with Crippen molar-refractivity contribution in [2.45, 2.75) is 12.8 Å². The molecule has 0 aliphatic heterocycles. The zero-order valence-corrected chi connectivity index (χ0v) is 15.7. The Bertz CT molecular complexity index is 1050. The van der Waals surface area contributed by atoms with Crippen molar-refractivity contribution in [3.05, 3.63) is 56.5 Å². The lowest BCUT2D eigenvalue weighted by atomic mass is 10.2. The van der Waals surface area contributed by atoms with E-state index in [0.29, 0.717) is 23.6 Å². The monoisotopic (exact) mass is 467 g/mol. The second-order valence-electron chi connectivity index (χ2n) is 6.25. The third kappa shape index (κ3) is 3.33. The lowest BCUT2D eigenvalue weighted by Gasteiger charge is -2.14. The number of hydrogen-bond acceptors (Lipinski definition) is 5. The van der Waals surface area contributed by atoms with Crippen molar-refractivity contribution in [1.29, 1.82) is 0 Å². The summed E-state index contributed by atoms with van der Waals surface area (Å²) in [4.78, 5) is 21.8. The number of hydrogen-bond donors (Lipinski definition) is 2. The molecule has 0 bridgehead atoms. The van der Waals surface area contributed by atoms with Crippen LogP contribution in [-0.4, -0.2) is 21.4 Å². The molecule has 2 aromatic heterocycles. The van der Waals surface area contributed by atoms with Gasteiger partial charge in [0.05, 0.1) is 29.2 Å². The SMILES string of the molecule is O=c1c(O)c2cncc(Nc3ccc(I)cc3F)c2cn1OCC1CC1. The molecule has 1 aromatic carbocycles. The average molecular weight is 467 g/mol. The minimum absolute atomic E-state index is 0.274. The van der Waals surface area contributed by atoms with Gasteiger partial charge in [0.25, 0.3) is 0 Å². The first-order chi connectivity index (χ1) is 12.5. The molecule has 2 N–H and O–H groups in total. The molecule has 0 radical (unpaired) electrons. The highest BCUT2D eigenvalue weighted by Crippen LogP contribution is 2.31. The fraction of sp³-hybridized carbons (Fsp3) is 0.222. The highest BCUT2D eigenvalue weighted by atomic mass is 127. The summed E-state index contributed by atoms with van der Waals surface area (Å²) in [6, 6.07) is 4.81. The van der Waals surface area contributed by atoms with Crippen LogP contribution in [0.2, 0.25) is 0 Å². The summed E-state index contributed by atoms with van der Waals surface area (Å²) in [5.74, 6) is -0.398. The number of fused-ring (bicyclic) bond motifs is 1. The van der Waals surface area contributed by atoms with E-state index in [1.165, 1.54) is 24.7 Å². The maximum Gasteiger partial charge on any atom is 0.325 e. The minimum Gasteiger partial charge on any atom is -0.502 e. The largest absolute Gasteiger partial charge is 0.502 e. The van der Waals surface area contributed by atoms with Gasteiger partial charge in [0, 0.05) is 15.2 Å². The van der Waals surface area contributed by atoms with Crippen LogP contribution in [0, 0.1) is 15.3 Å². The quantitative estimate of drug-likeness (QED) is 0.563. The number of aromatic hydroxyl groups is 1. The smallest absolute Gasteiger partial charge is 0.325 e. The predicted molar refractivity (Wildman–Crippen MR) is 104 cm³/mol. The van der Waals surface area contributed by atoms with Crippen molar-refractivity contribution in [3.8, 4) is 5.75 Å². The Morgan fingerprint density at radius 2 is 2.12 bits per heavy atom. The lowest BCUT2D eigenvalue weighted by molar-refractivity contribution is 0.0925. The Labute approximate surface area is 161 Å². The van der Waals surface area contributed by atoms with E-state index in [2.05, 4.69) is 10.3 Å². The molecule has 1 aliphatic rings. The number of rotatable bonds is 5. The molecule has 134 valence electrons. The molecule has 8 heteroatoms. The number of aromatic nitrogens is 2. The number of halogens is 2. The number of anilines is 2. The molecular formula is C18H15FIN3O3. The minimum atomic E-state index is -0.641. The fourth-order valence-electron chi connectivity index (χ4n) is 2.60. The summed E-state index contributed by atoms with van der Waals surface area (Å²) in [6.07, 6.45) is 6.56. The first-order valence-electron chi connectivity index (χ1n) is 8.10. The number of benzene rings is 1. The third-order valence-corrected chi connectivity index (χ3v) is 4.91. The molecule has 0 spiro atoms. The van der Waals surface area contributed by atoms with Crippen LogP contribution in [-0.2, 0) is 0 Å². The van der Waals surface area contributed by atoms with Gasteiger partial charge < -0.3 is 15.3 Å². The van der Waals surface area contributed by atoms with Crippen molar-refractivity contribution in [3.63, 3.8) is 0 Å². The molecule has 1 saturated carbocycles. The normalized spacial score (nSPS) is 13.8. The third-order valence-electron chi connectivity index (χ3n) is 4.24. The van der Waals surface area contributed by atoms with E-state index in [-0.39, 0.29) is 11.1 Å². The second-order valence-corrected chi connectivity index (χ2v) is 7.49. The molecule has 6 nitrogen and oxygen atoms in total. The Hall–Kier alpha value is -2.36. The molecule has 1 aliphatic carbocycles. The van der Waals surface area contributed by atoms with E-state index in [4.69, 9.17) is 4.84 Å². The van der Waals surface area contributed by atoms with E-state index in [1.807, 2.05) is 22.6 Å². The highest BCUT2D eigenvalue weighted by molar-refractivity contribution is 14.1. The van der Waals surface area contributed by atoms with Gasteiger partial charge in [-0.05, 0) is 59.5 Å². The van der Waals surface area contributed by atoms with Gasteiger partial charge in [-0.3, -0.25) is 9.78 Å². The average Bonchev–Trinajstić information content (AvgIpc) is 3.44. The summed E-state index contributed by atoms with van der Waals surface area (Å²) < 4.78 is 16.0. The van der Waals surface area contributed by atoms with Gasteiger partial charge in [-0.25, -0.2) is 4.39 Å². The predicted octanol–water partition coefficient (Wildman–Crippen LogP) is 3.43. The maximum atomic E-state index is 14.2. The molecule has 3 aromatic rings. The van der Waals surface area contributed by atoms with Crippen LogP contribution in [0.5, 0.6) is 5.75 Å². The lowest BCUT2D eigenvalue weighted by Crippen LogP contribution is -2.27. The summed E-state index contributed by atoms with van der Waals surface area (Å²) in [6.45, 7) is 0.421. The Morgan fingerprint density at radius 3 is 2.85 bits per heavy atom. The molecule has 2 heterocycles. The number of nitrogens with zero attached hydrogens (tertiary/aromatic N) is 2. The van der Waals surface area contributed by atoms with Gasteiger partial charge in [-0.2, -0.15) is 0 Å². The Balaban J connectivity index is 1.77. The maximum absolute atomic E-state index is 14.2. The number of nitrogens with one attached hydrogen (secondary N) is 1. The summed E-state index contributed by atoms with van der Waals surface area (Å²) >= 11 is 2.03. The molecule has 0 saturated heterocycles. The molecule has 0 unspecified atom stereocenters. The molecule has 1 fully saturated rings. The summed E-state index contributed by atoms with van der Waals surface area (Å²) in [5.41, 5.74) is 0.0927. The zero-order valence-electron chi connectivity index (χ0n) is 13.6. The van der Waals surface area contributed by atoms with Gasteiger partial charge in [0.1, 0.15) is 12.4 Å². The standard InChI is InChI=1S/C18H15FIN3O3/c19-14-5-11(20)3-4-15(14)22-16-7-21-6-12-13(16)8-23(18(25)17(12)24)26-9-10-1-2-10/h3-8,10,22,24H,1-2,9H2. The van der Waals surface area contributed by atoms with Crippen LogP contribution >= 0.6 is 22.6 Å². The van der Waals surface area contributed by atoms with Crippen molar-refractivity contribution >= 4 is 44.7 Å². The summed E-state index contributed by atoms with van der Waals surface area (Å²) in [5, 5.41) is 14.0. The van der Waals surface area contributed by atoms with Crippen molar-refractivity contribution < 1.29 is 14.3 Å². The van der Waals surface area contributed by atoms with Gasteiger partial charge in [0.15, 0.2) is 5.75 Å². The van der Waals surface area contributed by atoms with Crippen molar-refractivity contribution in [2.24, 2.45) is 5.92 Å². The van der Waals surface area contributed by atoms with E-state index in [1.54, 1.807) is 12.1 Å². The van der Waals surface area contributed by atoms with E-state index in [9.17, 15) is 14.3 Å². The molecule has 4 rings (SSSR count). The van der Waals surface area contributed by atoms with Crippen LogP contribution in [0.4, 0.5) is 15.8 Å². The summed E-state index contributed by atoms with van der Waals surface area (Å²) in [7, 11) is 0. The molecule has 0 amide bonds. The van der Waals surface area contributed by atoms with Crippen LogP contribution < -0.4 is 15.7 Å². The van der Waals surface area contributed by atoms with E-state index >= 15 is 0 Å². The van der Waals surface area contributed by atoms with E-state index < -0.39 is 17.1 Å². The topological polar surface area (TPSA) is 76.4 Å². The van der Waals surface area contributed by atoms with Crippen LogP contribution in [0.1, 0.15) is 12.8 Å². The second kappa shape index (κ2) is 6.75. The van der Waals surface area contributed by atoms with Gasteiger partial charge in [-0.1, -0.05) is 0 Å². The van der Waals surface area contributed by atoms with Crippen LogP contribution in [0.25, 0.3) is 10.8 Å². The van der Waals surface area contributed by atoms with Gasteiger partial charge in [-0.15, -0.1) is 4.73 Å². The first-order valence-corrected chi connectivity index (χ1v) is 9.18.